The van der Waals surface area contributed by atoms with Crippen molar-refractivity contribution in [3.63, 3.8) is 0 Å². The van der Waals surface area contributed by atoms with Crippen molar-refractivity contribution in [1.29, 1.82) is 0 Å². The van der Waals surface area contributed by atoms with Gasteiger partial charge in [-0.2, -0.15) is 13.2 Å². The van der Waals surface area contributed by atoms with Crippen LogP contribution in [0, 0.1) is 12.8 Å². The molecule has 0 amide bonds. The minimum atomic E-state index is -4.11. The molecule has 0 radical (unpaired) electrons. The summed E-state index contributed by atoms with van der Waals surface area (Å²) < 4.78 is 36.1. The highest BCUT2D eigenvalue weighted by Crippen LogP contribution is 2.31. The third-order valence-electron chi connectivity index (χ3n) is 2.66. The van der Waals surface area contributed by atoms with Gasteiger partial charge in [-0.05, 0) is 31.2 Å². The molecule has 0 fully saturated rings. The van der Waals surface area contributed by atoms with Crippen LogP contribution in [0.1, 0.15) is 17.5 Å². The molecule has 0 bridgehead atoms. The topological polar surface area (TPSA) is 0 Å². The van der Waals surface area contributed by atoms with Gasteiger partial charge in [0.15, 0.2) is 0 Å². The minimum Gasteiger partial charge on any atom is -0.160 e. The molecule has 0 heterocycles. The van der Waals surface area contributed by atoms with E-state index in [2.05, 4.69) is 15.9 Å². The maximum Gasteiger partial charge on any atom is 0.441 e. The molecule has 0 aromatic heterocycles. The molecular weight excluding hydrogens is 325 g/mol. The molecule has 0 aliphatic carbocycles. The van der Waals surface area contributed by atoms with E-state index in [0.717, 1.165) is 11.8 Å². The number of rotatable bonds is 6. The first kappa shape index (κ1) is 15.9. The second-order valence-corrected chi connectivity index (χ2v) is 6.10. The smallest absolute Gasteiger partial charge is 0.160 e. The van der Waals surface area contributed by atoms with Gasteiger partial charge in [0.25, 0.3) is 0 Å². The molecule has 0 aliphatic rings. The van der Waals surface area contributed by atoms with E-state index in [1.807, 2.05) is 31.2 Å². The Morgan fingerprint density at radius 2 is 1.83 bits per heavy atom. The molecule has 1 aromatic carbocycles. The van der Waals surface area contributed by atoms with Crippen LogP contribution in [0.5, 0.6) is 0 Å². The lowest BCUT2D eigenvalue weighted by Crippen LogP contribution is -2.10. The largest absolute Gasteiger partial charge is 0.441 e. The standard InChI is InChI=1S/C13H16BrF3S/c1-10-2-4-11(5-3-10)8-12(9-14)6-7-18-13(15,16)17/h2-5,12H,6-9H2,1H3. The van der Waals surface area contributed by atoms with Gasteiger partial charge in [-0.15, -0.1) is 0 Å². The average Bonchev–Trinajstić information content (AvgIpc) is 2.29. The minimum absolute atomic E-state index is 0.0694. The van der Waals surface area contributed by atoms with Gasteiger partial charge in [-0.3, -0.25) is 0 Å². The molecule has 1 unspecified atom stereocenters. The number of alkyl halides is 4. The van der Waals surface area contributed by atoms with Gasteiger partial charge in [0.1, 0.15) is 0 Å². The van der Waals surface area contributed by atoms with E-state index >= 15 is 0 Å². The zero-order chi connectivity index (χ0) is 13.6. The molecule has 0 saturated carbocycles. The summed E-state index contributed by atoms with van der Waals surface area (Å²) in [4.78, 5) is 0. The Morgan fingerprint density at radius 3 is 2.33 bits per heavy atom. The molecule has 18 heavy (non-hydrogen) atoms. The van der Waals surface area contributed by atoms with Crippen LogP contribution in [0.15, 0.2) is 24.3 Å². The van der Waals surface area contributed by atoms with E-state index in [1.165, 1.54) is 11.1 Å². The van der Waals surface area contributed by atoms with E-state index in [4.69, 9.17) is 0 Å². The molecule has 0 spiro atoms. The van der Waals surface area contributed by atoms with Gasteiger partial charge in [-0.1, -0.05) is 57.5 Å². The normalized spacial score (nSPS) is 13.6. The van der Waals surface area contributed by atoms with E-state index in [1.54, 1.807) is 0 Å². The Kier molecular flexibility index (Phi) is 6.57. The molecular formula is C13H16BrF3S. The second kappa shape index (κ2) is 7.43. The van der Waals surface area contributed by atoms with Crippen molar-refractivity contribution < 1.29 is 13.2 Å². The summed E-state index contributed by atoms with van der Waals surface area (Å²) in [5.74, 6) is 0.383. The summed E-state index contributed by atoms with van der Waals surface area (Å²) in [5, 5.41) is 0.735. The summed E-state index contributed by atoms with van der Waals surface area (Å²) in [6, 6.07) is 8.15. The van der Waals surface area contributed by atoms with E-state index in [9.17, 15) is 13.2 Å². The molecule has 102 valence electrons. The summed E-state index contributed by atoms with van der Waals surface area (Å²) in [5.41, 5.74) is -1.73. The molecule has 1 atom stereocenters. The number of benzene rings is 1. The highest BCUT2D eigenvalue weighted by Gasteiger charge is 2.27. The number of aryl methyl sites for hydroxylation is 1. The molecule has 1 aromatic rings. The van der Waals surface area contributed by atoms with Crippen LogP contribution in [0.3, 0.4) is 0 Å². The van der Waals surface area contributed by atoms with Crippen molar-refractivity contribution in [2.45, 2.75) is 25.3 Å². The van der Waals surface area contributed by atoms with Gasteiger partial charge in [0.2, 0.25) is 0 Å². The van der Waals surface area contributed by atoms with Crippen molar-refractivity contribution in [1.82, 2.24) is 0 Å². The summed E-state index contributed by atoms with van der Waals surface area (Å²) in [6.07, 6.45) is 1.40. The van der Waals surface area contributed by atoms with Gasteiger partial charge >= 0.3 is 5.51 Å². The lowest BCUT2D eigenvalue weighted by molar-refractivity contribution is -0.0328. The average molecular weight is 341 g/mol. The number of halogens is 4. The summed E-state index contributed by atoms with van der Waals surface area (Å²) in [7, 11) is 0. The van der Waals surface area contributed by atoms with E-state index in [-0.39, 0.29) is 23.4 Å². The first-order valence-electron chi connectivity index (χ1n) is 5.73. The van der Waals surface area contributed by atoms with Crippen molar-refractivity contribution >= 4 is 27.7 Å². The van der Waals surface area contributed by atoms with Crippen LogP contribution < -0.4 is 0 Å². The van der Waals surface area contributed by atoms with Gasteiger partial charge < -0.3 is 0 Å². The third kappa shape index (κ3) is 6.69. The van der Waals surface area contributed by atoms with Crippen LogP contribution >= 0.6 is 27.7 Å². The second-order valence-electron chi connectivity index (χ2n) is 4.29. The van der Waals surface area contributed by atoms with Crippen LogP contribution in [-0.2, 0) is 6.42 Å². The first-order chi connectivity index (χ1) is 8.40. The lowest BCUT2D eigenvalue weighted by Gasteiger charge is -2.14. The predicted molar refractivity (Wildman–Crippen MR) is 75.3 cm³/mol. The highest BCUT2D eigenvalue weighted by molar-refractivity contribution is 9.09. The van der Waals surface area contributed by atoms with Crippen LogP contribution in [0.4, 0.5) is 13.2 Å². The highest BCUT2D eigenvalue weighted by atomic mass is 79.9. The summed E-state index contributed by atoms with van der Waals surface area (Å²) >= 11 is 3.45. The third-order valence-corrected chi connectivity index (χ3v) is 4.34. The van der Waals surface area contributed by atoms with Crippen molar-refractivity contribution in [2.24, 2.45) is 5.92 Å². The Labute approximate surface area is 118 Å². The van der Waals surface area contributed by atoms with Crippen LogP contribution in [0.25, 0.3) is 0 Å². The van der Waals surface area contributed by atoms with Crippen LogP contribution in [-0.4, -0.2) is 16.6 Å². The fourth-order valence-corrected chi connectivity index (χ4v) is 2.87. The van der Waals surface area contributed by atoms with Crippen molar-refractivity contribution in [3.8, 4) is 0 Å². The Morgan fingerprint density at radius 1 is 1.22 bits per heavy atom. The number of thioether (sulfide) groups is 1. The van der Waals surface area contributed by atoms with E-state index in [0.29, 0.717) is 6.42 Å². The molecule has 0 saturated heterocycles. The maximum atomic E-state index is 12.0. The lowest BCUT2D eigenvalue weighted by atomic mass is 9.98. The first-order valence-corrected chi connectivity index (χ1v) is 7.83. The van der Waals surface area contributed by atoms with Crippen molar-refractivity contribution in [2.75, 3.05) is 11.1 Å². The SMILES string of the molecule is Cc1ccc(CC(CBr)CCSC(F)(F)F)cc1. The van der Waals surface area contributed by atoms with E-state index < -0.39 is 5.51 Å². The van der Waals surface area contributed by atoms with Gasteiger partial charge in [-0.25, -0.2) is 0 Å². The molecule has 0 N–H and O–H groups in total. The van der Waals surface area contributed by atoms with Crippen molar-refractivity contribution in [3.05, 3.63) is 35.4 Å². The molecule has 0 nitrogen and oxygen atoms in total. The monoisotopic (exact) mass is 340 g/mol. The predicted octanol–water partition coefficient (Wildman–Crippen LogP) is 5.19. The van der Waals surface area contributed by atoms with Gasteiger partial charge in [0.05, 0.1) is 0 Å². The molecule has 0 aliphatic heterocycles. The Hall–Kier alpha value is -0.160. The zero-order valence-corrected chi connectivity index (χ0v) is 12.5. The fraction of sp³-hybridized carbons (Fsp3) is 0.538. The fourth-order valence-electron chi connectivity index (χ4n) is 1.63. The molecule has 5 heteroatoms. The van der Waals surface area contributed by atoms with Gasteiger partial charge in [0, 0.05) is 11.1 Å². The number of hydrogen-bond donors (Lipinski definition) is 0. The quantitative estimate of drug-likeness (QED) is 0.642. The molecule has 1 rings (SSSR count). The van der Waals surface area contributed by atoms with Crippen LogP contribution in [0.2, 0.25) is 0 Å². The Balaban J connectivity index is 2.40. The number of hydrogen-bond acceptors (Lipinski definition) is 1. The summed E-state index contributed by atoms with van der Waals surface area (Å²) in [6.45, 7) is 2.02. The maximum absolute atomic E-state index is 12.0. The Bertz CT molecular complexity index is 348. The zero-order valence-electron chi connectivity index (χ0n) is 10.1.